The molecule has 9 heteroatoms. The van der Waals surface area contributed by atoms with E-state index in [0.29, 0.717) is 24.6 Å². The Bertz CT molecular complexity index is 996. The minimum atomic E-state index is -3.50. The molecule has 1 aliphatic heterocycles. The van der Waals surface area contributed by atoms with Crippen LogP contribution in [0.2, 0.25) is 0 Å². The van der Waals surface area contributed by atoms with Gasteiger partial charge in [-0.25, -0.2) is 12.7 Å². The van der Waals surface area contributed by atoms with Crippen LogP contribution in [0.1, 0.15) is 70.7 Å². The van der Waals surface area contributed by atoms with Crippen molar-refractivity contribution < 1.29 is 13.2 Å². The second-order valence-corrected chi connectivity index (χ2v) is 11.6. The number of likely N-dealkylation sites (tertiary alicyclic amines) is 1. The summed E-state index contributed by atoms with van der Waals surface area (Å²) in [5.41, 5.74) is 0.511. The normalized spacial score (nSPS) is 20.8. The molecule has 1 aromatic heterocycles. The van der Waals surface area contributed by atoms with E-state index >= 15 is 0 Å². The van der Waals surface area contributed by atoms with E-state index in [0.717, 1.165) is 22.9 Å². The van der Waals surface area contributed by atoms with Crippen molar-refractivity contribution in [2.75, 3.05) is 27.2 Å². The number of sulfonamides is 1. The Labute approximate surface area is 182 Å². The van der Waals surface area contributed by atoms with Crippen molar-refractivity contribution in [2.45, 2.75) is 55.3 Å². The summed E-state index contributed by atoms with van der Waals surface area (Å²) >= 11 is 1.72. The monoisotopic (exact) mass is 448 g/mol. The number of nitrogens with zero attached hydrogens (tertiary/aromatic N) is 4. The number of aromatic nitrogens is 2. The lowest BCUT2D eigenvalue weighted by molar-refractivity contribution is 0.0706. The van der Waals surface area contributed by atoms with Gasteiger partial charge in [0.15, 0.2) is 0 Å². The number of benzene rings is 1. The molecule has 2 aromatic rings. The van der Waals surface area contributed by atoms with Gasteiger partial charge >= 0.3 is 0 Å². The number of piperidine rings is 1. The molecule has 0 radical (unpaired) electrons. The molecule has 1 atom stereocenters. The highest BCUT2D eigenvalue weighted by molar-refractivity contribution is 7.89. The third-order valence-corrected chi connectivity index (χ3v) is 9.18. The third-order valence-electron chi connectivity index (χ3n) is 6.10. The molecular formula is C21H28N4O3S2. The van der Waals surface area contributed by atoms with E-state index in [1.165, 1.54) is 56.2 Å². The first kappa shape index (κ1) is 21.4. The molecule has 0 N–H and O–H groups in total. The van der Waals surface area contributed by atoms with Crippen LogP contribution >= 0.6 is 11.3 Å². The third kappa shape index (κ3) is 4.29. The van der Waals surface area contributed by atoms with Crippen molar-refractivity contribution in [3.05, 3.63) is 39.8 Å². The van der Waals surface area contributed by atoms with Gasteiger partial charge in [0.2, 0.25) is 10.0 Å². The van der Waals surface area contributed by atoms with Crippen molar-refractivity contribution in [3.8, 4) is 0 Å². The zero-order valence-corrected chi connectivity index (χ0v) is 19.1. The second-order valence-electron chi connectivity index (χ2n) is 8.36. The Morgan fingerprint density at radius 1 is 1.00 bits per heavy atom. The fourth-order valence-electron chi connectivity index (χ4n) is 4.28. The Balaban J connectivity index is 1.45. The van der Waals surface area contributed by atoms with Gasteiger partial charge in [0, 0.05) is 44.6 Å². The molecule has 1 saturated heterocycles. The number of amides is 1. The fraction of sp³-hybridized carbons (Fsp3) is 0.571. The van der Waals surface area contributed by atoms with Gasteiger partial charge in [0.05, 0.1) is 4.90 Å². The zero-order chi connectivity index (χ0) is 21.3. The lowest BCUT2D eigenvalue weighted by Gasteiger charge is -2.31. The molecule has 162 valence electrons. The summed E-state index contributed by atoms with van der Waals surface area (Å²) in [6, 6.07) is 6.21. The van der Waals surface area contributed by atoms with Gasteiger partial charge in [-0.05, 0) is 49.9 Å². The Morgan fingerprint density at radius 3 is 2.23 bits per heavy atom. The minimum Gasteiger partial charge on any atom is -0.338 e. The Morgan fingerprint density at radius 2 is 1.60 bits per heavy atom. The summed E-state index contributed by atoms with van der Waals surface area (Å²) in [7, 11) is -0.511. The first-order chi connectivity index (χ1) is 14.4. The highest BCUT2D eigenvalue weighted by Gasteiger charge is 2.29. The lowest BCUT2D eigenvalue weighted by atomic mass is 9.98. The van der Waals surface area contributed by atoms with E-state index in [1.54, 1.807) is 23.5 Å². The molecule has 0 spiro atoms. The molecule has 2 aliphatic rings. The number of hydrogen-bond donors (Lipinski definition) is 0. The molecule has 2 fully saturated rings. The summed E-state index contributed by atoms with van der Waals surface area (Å²) in [5, 5.41) is 11.1. The van der Waals surface area contributed by atoms with Gasteiger partial charge in [0.25, 0.3) is 5.91 Å². The molecule has 7 nitrogen and oxygen atoms in total. The largest absolute Gasteiger partial charge is 0.338 e. The van der Waals surface area contributed by atoms with E-state index in [1.807, 2.05) is 4.90 Å². The maximum Gasteiger partial charge on any atom is 0.253 e. The minimum absolute atomic E-state index is 0.0611. The van der Waals surface area contributed by atoms with Crippen molar-refractivity contribution >= 4 is 27.3 Å². The molecule has 1 unspecified atom stereocenters. The molecule has 4 rings (SSSR count). The van der Waals surface area contributed by atoms with Crippen LogP contribution in [0.5, 0.6) is 0 Å². The fourth-order valence-corrected chi connectivity index (χ4v) is 6.32. The van der Waals surface area contributed by atoms with Gasteiger partial charge < -0.3 is 4.90 Å². The zero-order valence-electron chi connectivity index (χ0n) is 17.5. The van der Waals surface area contributed by atoms with E-state index < -0.39 is 10.0 Å². The SMILES string of the molecule is CN(C)S(=O)(=O)c1ccc(C(=O)N2CCCC(c3nnc(C4CCCC4)s3)C2)cc1. The predicted octanol–water partition coefficient (Wildman–Crippen LogP) is 3.47. The Hall–Kier alpha value is -1.84. The average molecular weight is 449 g/mol. The number of carbonyl (C=O) groups excluding carboxylic acids is 1. The summed E-state index contributed by atoms with van der Waals surface area (Å²) in [4.78, 5) is 15.1. The van der Waals surface area contributed by atoms with Crippen LogP contribution in [0.25, 0.3) is 0 Å². The number of hydrogen-bond acceptors (Lipinski definition) is 6. The van der Waals surface area contributed by atoms with E-state index in [4.69, 9.17) is 0 Å². The maximum atomic E-state index is 13.0. The Kier molecular flexibility index (Phi) is 6.22. The van der Waals surface area contributed by atoms with E-state index in [2.05, 4.69) is 10.2 Å². The average Bonchev–Trinajstić information content (AvgIpc) is 3.45. The van der Waals surface area contributed by atoms with Gasteiger partial charge in [-0.3, -0.25) is 4.79 Å². The van der Waals surface area contributed by atoms with Gasteiger partial charge in [-0.15, -0.1) is 21.5 Å². The van der Waals surface area contributed by atoms with Gasteiger partial charge in [-0.1, -0.05) is 12.8 Å². The summed E-state index contributed by atoms with van der Waals surface area (Å²) in [5.74, 6) is 0.729. The quantitative estimate of drug-likeness (QED) is 0.699. The molecule has 1 amide bonds. The summed E-state index contributed by atoms with van der Waals surface area (Å²) in [6.07, 6.45) is 6.93. The lowest BCUT2D eigenvalue weighted by Crippen LogP contribution is -2.39. The van der Waals surface area contributed by atoms with Gasteiger partial charge in [-0.2, -0.15) is 0 Å². The number of carbonyl (C=O) groups is 1. The molecule has 0 bridgehead atoms. The smallest absolute Gasteiger partial charge is 0.253 e. The van der Waals surface area contributed by atoms with Crippen molar-refractivity contribution in [1.82, 2.24) is 19.4 Å². The summed E-state index contributed by atoms with van der Waals surface area (Å²) in [6.45, 7) is 1.34. The molecule has 1 aromatic carbocycles. The van der Waals surface area contributed by atoms with E-state index in [-0.39, 0.29) is 16.7 Å². The molecule has 30 heavy (non-hydrogen) atoms. The van der Waals surface area contributed by atoms with Crippen LogP contribution in [0, 0.1) is 0 Å². The second kappa shape index (κ2) is 8.72. The highest BCUT2D eigenvalue weighted by atomic mass is 32.2. The highest BCUT2D eigenvalue weighted by Crippen LogP contribution is 2.38. The first-order valence-electron chi connectivity index (χ1n) is 10.5. The van der Waals surface area contributed by atoms with E-state index in [9.17, 15) is 13.2 Å². The van der Waals surface area contributed by atoms with Crippen LogP contribution in [0.4, 0.5) is 0 Å². The van der Waals surface area contributed by atoms with Crippen molar-refractivity contribution in [3.63, 3.8) is 0 Å². The molecule has 2 heterocycles. The van der Waals surface area contributed by atoms with Crippen LogP contribution in [-0.4, -0.2) is 60.9 Å². The standard InChI is InChI=1S/C21H28N4O3S2/c1-24(2)30(27,28)18-11-9-16(10-12-18)21(26)25-13-5-8-17(14-25)20-23-22-19(29-20)15-6-3-4-7-15/h9-12,15,17H,3-8,13-14H2,1-2H3. The van der Waals surface area contributed by atoms with Crippen LogP contribution < -0.4 is 0 Å². The van der Waals surface area contributed by atoms with Crippen LogP contribution in [0.3, 0.4) is 0 Å². The molecule has 1 saturated carbocycles. The number of rotatable bonds is 5. The topological polar surface area (TPSA) is 83.5 Å². The van der Waals surface area contributed by atoms with Crippen molar-refractivity contribution in [1.29, 1.82) is 0 Å². The van der Waals surface area contributed by atoms with Crippen LogP contribution in [-0.2, 0) is 10.0 Å². The first-order valence-corrected chi connectivity index (χ1v) is 12.8. The maximum absolute atomic E-state index is 13.0. The molecular weight excluding hydrogens is 420 g/mol. The van der Waals surface area contributed by atoms with Crippen molar-refractivity contribution in [2.24, 2.45) is 0 Å². The van der Waals surface area contributed by atoms with Gasteiger partial charge in [0.1, 0.15) is 10.0 Å². The van der Waals surface area contributed by atoms with Crippen LogP contribution in [0.15, 0.2) is 29.2 Å². The molecule has 1 aliphatic carbocycles. The predicted molar refractivity (Wildman–Crippen MR) is 116 cm³/mol. The summed E-state index contributed by atoms with van der Waals surface area (Å²) < 4.78 is 25.6.